The molecular weight excluding hydrogens is 274 g/mol. The number of thiophene rings is 1. The van der Waals surface area contributed by atoms with E-state index in [1.54, 1.807) is 0 Å². The highest BCUT2D eigenvalue weighted by Crippen LogP contribution is 2.36. The van der Waals surface area contributed by atoms with Gasteiger partial charge in [0, 0.05) is 11.4 Å². The van der Waals surface area contributed by atoms with E-state index in [2.05, 4.69) is 11.4 Å². The van der Waals surface area contributed by atoms with Gasteiger partial charge in [0.05, 0.1) is 12.2 Å². The molecule has 1 amide bonds. The van der Waals surface area contributed by atoms with Crippen LogP contribution in [0, 0.1) is 11.3 Å². The standard InChI is InChI=1S/C14H19N3O2S/c15-6-7-19-9-13(18)17-14-11(8-16)10-4-2-1-3-5-12(10)20-14/h1-7,9,15H2,(H,17,18). The Bertz CT molecular complexity index is 519. The lowest BCUT2D eigenvalue weighted by atomic mass is 10.1. The molecule has 0 saturated heterocycles. The number of carbonyl (C=O) groups is 1. The van der Waals surface area contributed by atoms with Crippen molar-refractivity contribution in [2.45, 2.75) is 32.1 Å². The Morgan fingerprint density at radius 2 is 2.20 bits per heavy atom. The number of nitrogens with zero attached hydrogens (tertiary/aromatic N) is 1. The molecule has 2 rings (SSSR count). The van der Waals surface area contributed by atoms with Crippen LogP contribution in [0.25, 0.3) is 0 Å². The second-order valence-electron chi connectivity index (χ2n) is 4.77. The number of hydrogen-bond donors (Lipinski definition) is 2. The van der Waals surface area contributed by atoms with Crippen molar-refractivity contribution in [3.05, 3.63) is 16.0 Å². The van der Waals surface area contributed by atoms with Gasteiger partial charge in [-0.15, -0.1) is 11.3 Å². The van der Waals surface area contributed by atoms with Gasteiger partial charge >= 0.3 is 0 Å². The summed E-state index contributed by atoms with van der Waals surface area (Å²) in [5, 5.41) is 12.8. The van der Waals surface area contributed by atoms with E-state index in [9.17, 15) is 10.1 Å². The summed E-state index contributed by atoms with van der Waals surface area (Å²) in [6.07, 6.45) is 5.43. The maximum atomic E-state index is 11.8. The average Bonchev–Trinajstić information content (AvgIpc) is 2.60. The number of nitriles is 1. The third-order valence-electron chi connectivity index (χ3n) is 3.28. The molecule has 1 aromatic rings. The van der Waals surface area contributed by atoms with Crippen LogP contribution in [0.2, 0.25) is 0 Å². The summed E-state index contributed by atoms with van der Waals surface area (Å²) >= 11 is 1.53. The van der Waals surface area contributed by atoms with Crippen molar-refractivity contribution in [2.75, 3.05) is 25.1 Å². The maximum absolute atomic E-state index is 11.8. The summed E-state index contributed by atoms with van der Waals surface area (Å²) in [6, 6.07) is 2.24. The molecule has 1 aromatic heterocycles. The highest BCUT2D eigenvalue weighted by molar-refractivity contribution is 7.16. The zero-order valence-corrected chi connectivity index (χ0v) is 12.2. The second-order valence-corrected chi connectivity index (χ2v) is 5.87. The summed E-state index contributed by atoms with van der Waals surface area (Å²) in [6.45, 7) is 0.730. The third kappa shape index (κ3) is 3.57. The van der Waals surface area contributed by atoms with E-state index < -0.39 is 0 Å². The zero-order chi connectivity index (χ0) is 14.4. The summed E-state index contributed by atoms with van der Waals surface area (Å²) in [7, 11) is 0. The number of nitrogens with two attached hydrogens (primary N) is 1. The smallest absolute Gasteiger partial charge is 0.251 e. The van der Waals surface area contributed by atoms with E-state index in [4.69, 9.17) is 10.5 Å². The minimum Gasteiger partial charge on any atom is -0.370 e. The highest BCUT2D eigenvalue weighted by atomic mass is 32.1. The maximum Gasteiger partial charge on any atom is 0.251 e. The van der Waals surface area contributed by atoms with E-state index in [0.29, 0.717) is 23.7 Å². The molecule has 0 bridgehead atoms. The molecule has 0 atom stereocenters. The summed E-state index contributed by atoms with van der Waals surface area (Å²) in [4.78, 5) is 13.0. The van der Waals surface area contributed by atoms with Crippen molar-refractivity contribution in [3.63, 3.8) is 0 Å². The number of fused-ring (bicyclic) bond motifs is 1. The number of ether oxygens (including phenoxy) is 1. The van der Waals surface area contributed by atoms with E-state index in [1.807, 2.05) is 0 Å². The molecule has 1 aliphatic rings. The molecule has 20 heavy (non-hydrogen) atoms. The van der Waals surface area contributed by atoms with E-state index in [0.717, 1.165) is 31.2 Å². The van der Waals surface area contributed by atoms with Gasteiger partial charge in [-0.3, -0.25) is 4.79 Å². The number of rotatable bonds is 5. The lowest BCUT2D eigenvalue weighted by molar-refractivity contribution is -0.120. The molecule has 0 radical (unpaired) electrons. The number of amides is 1. The first-order valence-electron chi connectivity index (χ1n) is 6.88. The van der Waals surface area contributed by atoms with E-state index in [1.165, 1.54) is 22.6 Å². The SMILES string of the molecule is N#Cc1c(NC(=O)COCCN)sc2c1CCCCC2. The molecule has 0 fully saturated rings. The van der Waals surface area contributed by atoms with Gasteiger partial charge in [-0.1, -0.05) is 6.42 Å². The van der Waals surface area contributed by atoms with E-state index >= 15 is 0 Å². The first-order chi connectivity index (χ1) is 9.76. The Labute approximate surface area is 122 Å². The normalized spacial score (nSPS) is 14.2. The number of nitrogens with one attached hydrogen (secondary N) is 1. The van der Waals surface area contributed by atoms with Gasteiger partial charge in [0.25, 0.3) is 5.91 Å². The Morgan fingerprint density at radius 1 is 1.40 bits per heavy atom. The Morgan fingerprint density at radius 3 is 2.95 bits per heavy atom. The quantitative estimate of drug-likeness (QED) is 0.640. The molecule has 0 aliphatic heterocycles. The zero-order valence-electron chi connectivity index (χ0n) is 11.4. The summed E-state index contributed by atoms with van der Waals surface area (Å²) in [5.41, 5.74) is 7.07. The van der Waals surface area contributed by atoms with Crippen LogP contribution in [0.1, 0.15) is 35.3 Å². The van der Waals surface area contributed by atoms with Gasteiger partial charge < -0.3 is 15.8 Å². The van der Waals surface area contributed by atoms with Gasteiger partial charge in [0.1, 0.15) is 17.7 Å². The predicted octanol–water partition coefficient (Wildman–Crippen LogP) is 1.80. The lowest BCUT2D eigenvalue weighted by Crippen LogP contribution is -2.20. The predicted molar refractivity (Wildman–Crippen MR) is 78.8 cm³/mol. The molecule has 0 aromatic carbocycles. The molecule has 5 nitrogen and oxygen atoms in total. The van der Waals surface area contributed by atoms with Crippen molar-refractivity contribution in [3.8, 4) is 6.07 Å². The number of carbonyl (C=O) groups excluding carboxylic acids is 1. The van der Waals surface area contributed by atoms with Crippen LogP contribution in [0.4, 0.5) is 5.00 Å². The first-order valence-corrected chi connectivity index (χ1v) is 7.70. The first kappa shape index (κ1) is 15.0. The fourth-order valence-electron chi connectivity index (χ4n) is 2.36. The molecular formula is C14H19N3O2S. The second kappa shape index (κ2) is 7.39. The minimum atomic E-state index is -0.230. The summed E-state index contributed by atoms with van der Waals surface area (Å²) in [5.74, 6) is -0.230. The number of aryl methyl sites for hydroxylation is 1. The van der Waals surface area contributed by atoms with Crippen LogP contribution in [0.5, 0.6) is 0 Å². The number of anilines is 1. The van der Waals surface area contributed by atoms with Crippen LogP contribution in [-0.2, 0) is 22.4 Å². The lowest BCUT2D eigenvalue weighted by Gasteiger charge is -2.04. The van der Waals surface area contributed by atoms with Crippen LogP contribution >= 0.6 is 11.3 Å². The topological polar surface area (TPSA) is 88.1 Å². The van der Waals surface area contributed by atoms with Crippen LogP contribution in [-0.4, -0.2) is 25.7 Å². The van der Waals surface area contributed by atoms with Crippen LogP contribution < -0.4 is 11.1 Å². The van der Waals surface area contributed by atoms with Crippen molar-refractivity contribution < 1.29 is 9.53 Å². The van der Waals surface area contributed by atoms with Gasteiger partial charge in [-0.25, -0.2) is 0 Å². The van der Waals surface area contributed by atoms with Crippen LogP contribution in [0.15, 0.2) is 0 Å². The average molecular weight is 293 g/mol. The Balaban J connectivity index is 2.08. The largest absolute Gasteiger partial charge is 0.370 e. The molecule has 1 aliphatic carbocycles. The molecule has 3 N–H and O–H groups in total. The van der Waals surface area contributed by atoms with Gasteiger partial charge in [-0.2, -0.15) is 5.26 Å². The Kier molecular flexibility index (Phi) is 5.53. The highest BCUT2D eigenvalue weighted by Gasteiger charge is 2.20. The van der Waals surface area contributed by atoms with Crippen molar-refractivity contribution in [2.24, 2.45) is 5.73 Å². The summed E-state index contributed by atoms with van der Waals surface area (Å²) < 4.78 is 5.10. The minimum absolute atomic E-state index is 0.0232. The molecule has 108 valence electrons. The van der Waals surface area contributed by atoms with Crippen molar-refractivity contribution in [1.29, 1.82) is 5.26 Å². The Hall–Kier alpha value is -1.42. The number of hydrogen-bond acceptors (Lipinski definition) is 5. The third-order valence-corrected chi connectivity index (χ3v) is 4.49. The van der Waals surface area contributed by atoms with Crippen molar-refractivity contribution in [1.82, 2.24) is 0 Å². The fraction of sp³-hybridized carbons (Fsp3) is 0.571. The molecule has 6 heteroatoms. The van der Waals surface area contributed by atoms with Gasteiger partial charge in [0.2, 0.25) is 0 Å². The van der Waals surface area contributed by atoms with Crippen LogP contribution in [0.3, 0.4) is 0 Å². The fourth-order valence-corrected chi connectivity index (χ4v) is 3.62. The van der Waals surface area contributed by atoms with E-state index in [-0.39, 0.29) is 12.5 Å². The van der Waals surface area contributed by atoms with Gasteiger partial charge in [-0.05, 0) is 31.2 Å². The molecule has 0 unspecified atom stereocenters. The van der Waals surface area contributed by atoms with Crippen molar-refractivity contribution >= 4 is 22.2 Å². The molecule has 0 spiro atoms. The van der Waals surface area contributed by atoms with Gasteiger partial charge in [0.15, 0.2) is 0 Å². The molecule has 0 saturated carbocycles. The molecule has 1 heterocycles. The monoisotopic (exact) mass is 293 g/mol.